The minimum atomic E-state index is -4.22. The average Bonchev–Trinajstić information content (AvgIpc) is 3.46. The van der Waals surface area contributed by atoms with Crippen LogP contribution in [0, 0.1) is 11.6 Å². The molecule has 176 valence electrons. The maximum atomic E-state index is 13.6. The van der Waals surface area contributed by atoms with E-state index in [1.165, 1.54) is 24.4 Å². The van der Waals surface area contributed by atoms with Gasteiger partial charge in [-0.2, -0.15) is 10.2 Å². The summed E-state index contributed by atoms with van der Waals surface area (Å²) in [4.78, 5) is 12.3. The molecule has 1 aliphatic rings. The van der Waals surface area contributed by atoms with Crippen molar-refractivity contribution in [1.29, 1.82) is 0 Å². The Balaban J connectivity index is 1.46. The Morgan fingerprint density at radius 1 is 1.00 bits per heavy atom. The number of piperidine rings is 1. The largest absolute Gasteiger partial charge is 0.317 e. The highest BCUT2D eigenvalue weighted by Gasteiger charge is 2.25. The van der Waals surface area contributed by atoms with E-state index in [1.807, 2.05) is 0 Å². The van der Waals surface area contributed by atoms with Gasteiger partial charge < -0.3 is 10.6 Å². The number of fused-ring (bicyclic) bond motifs is 1. The second kappa shape index (κ2) is 8.61. The number of amides is 1. The van der Waals surface area contributed by atoms with E-state index in [2.05, 4.69) is 31.0 Å². The molecular formula is C22H20F2N6O3S. The molecule has 0 bridgehead atoms. The number of halogens is 2. The van der Waals surface area contributed by atoms with Crippen LogP contribution in [0.1, 0.15) is 34.8 Å². The summed E-state index contributed by atoms with van der Waals surface area (Å²) in [5.41, 5.74) is 1.61. The van der Waals surface area contributed by atoms with Crippen LogP contribution in [-0.4, -0.2) is 47.8 Å². The van der Waals surface area contributed by atoms with Gasteiger partial charge in [0.15, 0.2) is 5.82 Å². The van der Waals surface area contributed by atoms with Gasteiger partial charge in [-0.3, -0.25) is 15.0 Å². The first-order valence-electron chi connectivity index (χ1n) is 10.6. The number of rotatable bonds is 5. The second-order valence-corrected chi connectivity index (χ2v) is 10.0. The van der Waals surface area contributed by atoms with Crippen molar-refractivity contribution in [1.82, 2.24) is 25.7 Å². The number of anilines is 1. The molecular weight excluding hydrogens is 466 g/mol. The third-order valence-electron chi connectivity index (χ3n) is 5.88. The Hall–Kier alpha value is -3.64. The summed E-state index contributed by atoms with van der Waals surface area (Å²) >= 11 is 0. The lowest BCUT2D eigenvalue weighted by Crippen LogP contribution is -2.28. The van der Waals surface area contributed by atoms with Gasteiger partial charge in [-0.05, 0) is 56.3 Å². The lowest BCUT2D eigenvalue weighted by Gasteiger charge is -2.22. The molecule has 1 aliphatic heterocycles. The smallest absolute Gasteiger partial charge is 0.260 e. The van der Waals surface area contributed by atoms with E-state index in [0.29, 0.717) is 22.5 Å². The number of nitrogens with one attached hydrogen (secondary N) is 4. The Bertz CT molecular complexity index is 1470. The number of sulfone groups is 1. The van der Waals surface area contributed by atoms with Crippen LogP contribution in [0.4, 0.5) is 14.6 Å². The molecule has 12 heteroatoms. The molecule has 1 amide bonds. The SMILES string of the molecule is O=C(Nc1n[nH]c2ccc(S(=O)(=O)c3cc(F)cc(F)c3)cc12)c1cn[nH]c1C1CCNCC1. The number of aromatic nitrogens is 4. The van der Waals surface area contributed by atoms with Gasteiger partial charge in [-0.1, -0.05) is 0 Å². The van der Waals surface area contributed by atoms with E-state index in [9.17, 15) is 22.0 Å². The summed E-state index contributed by atoms with van der Waals surface area (Å²) in [5.74, 6) is -2.14. The first-order chi connectivity index (χ1) is 16.3. The van der Waals surface area contributed by atoms with Gasteiger partial charge >= 0.3 is 0 Å². The van der Waals surface area contributed by atoms with Gasteiger partial charge in [-0.25, -0.2) is 17.2 Å². The summed E-state index contributed by atoms with van der Waals surface area (Å²) in [6.07, 6.45) is 3.20. The molecule has 2 aromatic carbocycles. The summed E-state index contributed by atoms with van der Waals surface area (Å²) < 4.78 is 53.2. The zero-order valence-corrected chi connectivity index (χ0v) is 18.5. The number of nitrogens with zero attached hydrogens (tertiary/aromatic N) is 2. The molecule has 9 nitrogen and oxygen atoms in total. The van der Waals surface area contributed by atoms with E-state index in [4.69, 9.17) is 0 Å². The Kier molecular flexibility index (Phi) is 5.62. The number of H-pyrrole nitrogens is 2. The molecule has 4 N–H and O–H groups in total. The van der Waals surface area contributed by atoms with Gasteiger partial charge in [0.2, 0.25) is 9.84 Å². The first kappa shape index (κ1) is 22.2. The van der Waals surface area contributed by atoms with Crippen molar-refractivity contribution in [2.24, 2.45) is 0 Å². The summed E-state index contributed by atoms with van der Waals surface area (Å²) in [6.45, 7) is 1.70. The van der Waals surface area contributed by atoms with E-state index < -0.39 is 32.3 Å². The number of benzene rings is 2. The van der Waals surface area contributed by atoms with Crippen LogP contribution in [-0.2, 0) is 9.84 Å². The lowest BCUT2D eigenvalue weighted by atomic mass is 9.92. The molecule has 0 aliphatic carbocycles. The molecule has 1 saturated heterocycles. The van der Waals surface area contributed by atoms with Crippen molar-refractivity contribution >= 4 is 32.5 Å². The number of aromatic amines is 2. The van der Waals surface area contributed by atoms with Crippen LogP contribution >= 0.6 is 0 Å². The van der Waals surface area contributed by atoms with Crippen molar-refractivity contribution in [3.05, 3.63) is 65.5 Å². The number of carbonyl (C=O) groups excluding carboxylic acids is 1. The molecule has 0 radical (unpaired) electrons. The first-order valence-corrected chi connectivity index (χ1v) is 12.1. The number of hydrogen-bond acceptors (Lipinski definition) is 6. The van der Waals surface area contributed by atoms with Gasteiger partial charge in [0.25, 0.3) is 5.91 Å². The maximum absolute atomic E-state index is 13.6. The Morgan fingerprint density at radius 3 is 2.47 bits per heavy atom. The highest BCUT2D eigenvalue weighted by atomic mass is 32.2. The van der Waals surface area contributed by atoms with E-state index in [-0.39, 0.29) is 16.6 Å². The van der Waals surface area contributed by atoms with Crippen LogP contribution < -0.4 is 10.6 Å². The van der Waals surface area contributed by atoms with Crippen LogP contribution in [0.5, 0.6) is 0 Å². The molecule has 5 rings (SSSR count). The molecule has 2 aromatic heterocycles. The molecule has 4 aromatic rings. The molecule has 0 spiro atoms. The fourth-order valence-electron chi connectivity index (χ4n) is 4.15. The zero-order valence-electron chi connectivity index (χ0n) is 17.7. The Morgan fingerprint density at radius 2 is 1.74 bits per heavy atom. The van der Waals surface area contributed by atoms with Crippen molar-refractivity contribution in [2.75, 3.05) is 18.4 Å². The standard InChI is InChI=1S/C22H20F2N6O3S/c23-13-7-14(24)9-16(8-13)34(32,33)15-1-2-19-17(10-15)21(30-28-19)27-22(31)18-11-26-29-20(18)12-3-5-25-6-4-12/h1-2,7-12,25H,3-6H2,(H,26,29)(H2,27,28,30,31). The zero-order chi connectivity index (χ0) is 23.9. The van der Waals surface area contributed by atoms with Crippen LogP contribution in [0.25, 0.3) is 10.9 Å². The maximum Gasteiger partial charge on any atom is 0.260 e. The predicted molar refractivity (Wildman–Crippen MR) is 119 cm³/mol. The van der Waals surface area contributed by atoms with Crippen molar-refractivity contribution in [2.45, 2.75) is 28.6 Å². The molecule has 0 unspecified atom stereocenters. The van der Waals surface area contributed by atoms with Gasteiger partial charge in [0.05, 0.1) is 32.8 Å². The topological polar surface area (TPSA) is 133 Å². The third kappa shape index (κ3) is 4.05. The minimum Gasteiger partial charge on any atom is -0.317 e. The molecule has 34 heavy (non-hydrogen) atoms. The van der Waals surface area contributed by atoms with Crippen molar-refractivity contribution < 1.29 is 22.0 Å². The number of carbonyl (C=O) groups is 1. The van der Waals surface area contributed by atoms with Gasteiger partial charge in [-0.15, -0.1) is 0 Å². The van der Waals surface area contributed by atoms with E-state index in [0.717, 1.165) is 43.8 Å². The van der Waals surface area contributed by atoms with Crippen molar-refractivity contribution in [3.63, 3.8) is 0 Å². The van der Waals surface area contributed by atoms with Gasteiger partial charge in [0, 0.05) is 17.4 Å². The monoisotopic (exact) mass is 486 g/mol. The normalized spacial score (nSPS) is 15.0. The van der Waals surface area contributed by atoms with Gasteiger partial charge in [0.1, 0.15) is 11.6 Å². The second-order valence-electron chi connectivity index (χ2n) is 8.06. The van der Waals surface area contributed by atoms with E-state index >= 15 is 0 Å². The minimum absolute atomic E-state index is 0.125. The highest BCUT2D eigenvalue weighted by molar-refractivity contribution is 7.91. The highest BCUT2D eigenvalue weighted by Crippen LogP contribution is 2.30. The third-order valence-corrected chi connectivity index (χ3v) is 7.61. The summed E-state index contributed by atoms with van der Waals surface area (Å²) in [5, 5.41) is 20.1. The quantitative estimate of drug-likeness (QED) is 0.343. The predicted octanol–water partition coefficient (Wildman–Crippen LogP) is 3.12. The fraction of sp³-hybridized carbons (Fsp3) is 0.227. The summed E-state index contributed by atoms with van der Waals surface area (Å²) in [6, 6.07) is 6.17. The average molecular weight is 487 g/mol. The molecule has 3 heterocycles. The molecule has 0 atom stereocenters. The van der Waals surface area contributed by atoms with Crippen LogP contribution in [0.3, 0.4) is 0 Å². The number of hydrogen-bond donors (Lipinski definition) is 4. The van der Waals surface area contributed by atoms with Crippen LogP contribution in [0.2, 0.25) is 0 Å². The molecule has 0 saturated carbocycles. The Labute approximate surface area is 192 Å². The lowest BCUT2D eigenvalue weighted by molar-refractivity contribution is 0.102. The van der Waals surface area contributed by atoms with Crippen molar-refractivity contribution in [3.8, 4) is 0 Å². The molecule has 1 fully saturated rings. The summed E-state index contributed by atoms with van der Waals surface area (Å²) in [7, 11) is -4.22. The van der Waals surface area contributed by atoms with Crippen LogP contribution in [0.15, 0.2) is 52.4 Å². The van der Waals surface area contributed by atoms with E-state index in [1.54, 1.807) is 0 Å². The fourth-order valence-corrected chi connectivity index (χ4v) is 5.48.